The molecule has 1 aromatic heterocycles. The number of aromatic nitrogens is 1. The zero-order chi connectivity index (χ0) is 20.4. The second kappa shape index (κ2) is 13.1. The Morgan fingerprint density at radius 1 is 1.14 bits per heavy atom. The molecule has 29 heavy (non-hydrogen) atoms. The molecule has 0 aliphatic carbocycles. The van der Waals surface area contributed by atoms with Crippen LogP contribution in [0.2, 0.25) is 0 Å². The SMILES string of the molecule is CCCCN(C)C(=NC)NCc1ccc(Oc2c(OC)cccc2OC)nc1.I. The molecule has 0 saturated heterocycles. The molecule has 0 fully saturated rings. The molecule has 0 radical (unpaired) electrons. The lowest BCUT2D eigenvalue weighted by Crippen LogP contribution is -2.38. The van der Waals surface area contributed by atoms with E-state index in [0.29, 0.717) is 29.7 Å². The molecule has 0 amide bonds. The Hall–Kier alpha value is -2.23. The molecule has 0 unspecified atom stereocenters. The Balaban J connectivity index is 0.00000420. The van der Waals surface area contributed by atoms with Crippen LogP contribution in [0.25, 0.3) is 0 Å². The quantitative estimate of drug-likeness (QED) is 0.306. The fourth-order valence-electron chi connectivity index (χ4n) is 2.67. The van der Waals surface area contributed by atoms with Crippen LogP contribution in [0.15, 0.2) is 41.5 Å². The number of benzene rings is 1. The third-order valence-electron chi connectivity index (χ3n) is 4.26. The zero-order valence-corrected chi connectivity index (χ0v) is 20.1. The topological polar surface area (TPSA) is 68.2 Å². The molecular weight excluding hydrogens is 483 g/mol. The molecule has 8 heteroatoms. The first-order valence-electron chi connectivity index (χ1n) is 9.38. The molecule has 0 bridgehead atoms. The van der Waals surface area contributed by atoms with Crippen molar-refractivity contribution in [3.63, 3.8) is 0 Å². The van der Waals surface area contributed by atoms with Gasteiger partial charge in [-0.3, -0.25) is 4.99 Å². The number of aliphatic imine (C=N–C) groups is 1. The molecule has 0 aliphatic rings. The second-order valence-corrected chi connectivity index (χ2v) is 6.27. The van der Waals surface area contributed by atoms with Gasteiger partial charge in [0.25, 0.3) is 0 Å². The summed E-state index contributed by atoms with van der Waals surface area (Å²) < 4.78 is 16.6. The normalized spacial score (nSPS) is 10.7. The van der Waals surface area contributed by atoms with Gasteiger partial charge in [0.15, 0.2) is 17.5 Å². The summed E-state index contributed by atoms with van der Waals surface area (Å²) in [5.74, 6) is 3.02. The minimum atomic E-state index is 0. The minimum absolute atomic E-state index is 0. The van der Waals surface area contributed by atoms with Crippen molar-refractivity contribution >= 4 is 29.9 Å². The summed E-state index contributed by atoms with van der Waals surface area (Å²) in [6.45, 7) is 3.79. The van der Waals surface area contributed by atoms with Crippen LogP contribution in [0.3, 0.4) is 0 Å². The van der Waals surface area contributed by atoms with Crippen LogP contribution >= 0.6 is 24.0 Å². The van der Waals surface area contributed by atoms with Crippen molar-refractivity contribution < 1.29 is 14.2 Å². The van der Waals surface area contributed by atoms with Gasteiger partial charge in [-0.2, -0.15) is 0 Å². The van der Waals surface area contributed by atoms with Crippen LogP contribution in [0.5, 0.6) is 23.1 Å². The Bertz CT molecular complexity index is 747. The summed E-state index contributed by atoms with van der Waals surface area (Å²) in [7, 11) is 7.02. The number of methoxy groups -OCH3 is 2. The van der Waals surface area contributed by atoms with Crippen LogP contribution in [-0.4, -0.2) is 50.7 Å². The molecular formula is C21H31IN4O3. The fourth-order valence-corrected chi connectivity index (χ4v) is 2.67. The van der Waals surface area contributed by atoms with E-state index in [2.05, 4.69) is 27.1 Å². The fraction of sp³-hybridized carbons (Fsp3) is 0.429. The van der Waals surface area contributed by atoms with Crippen molar-refractivity contribution in [2.24, 2.45) is 4.99 Å². The van der Waals surface area contributed by atoms with Gasteiger partial charge >= 0.3 is 0 Å². The molecule has 0 saturated carbocycles. The number of ether oxygens (including phenoxy) is 3. The molecule has 0 spiro atoms. The predicted molar refractivity (Wildman–Crippen MR) is 127 cm³/mol. The van der Waals surface area contributed by atoms with E-state index in [1.165, 1.54) is 0 Å². The van der Waals surface area contributed by atoms with E-state index >= 15 is 0 Å². The van der Waals surface area contributed by atoms with Gasteiger partial charge in [0.2, 0.25) is 11.6 Å². The molecule has 0 atom stereocenters. The Morgan fingerprint density at radius 3 is 2.34 bits per heavy atom. The van der Waals surface area contributed by atoms with E-state index in [-0.39, 0.29) is 24.0 Å². The molecule has 1 aromatic carbocycles. The smallest absolute Gasteiger partial charge is 0.219 e. The van der Waals surface area contributed by atoms with Gasteiger partial charge < -0.3 is 24.4 Å². The maximum Gasteiger partial charge on any atom is 0.219 e. The summed E-state index contributed by atoms with van der Waals surface area (Å²) in [6, 6.07) is 9.27. The van der Waals surface area contributed by atoms with Crippen molar-refractivity contribution in [1.29, 1.82) is 0 Å². The highest BCUT2D eigenvalue weighted by Crippen LogP contribution is 2.39. The van der Waals surface area contributed by atoms with Crippen molar-refractivity contribution in [3.05, 3.63) is 42.1 Å². The Kier molecular flexibility index (Phi) is 11.2. The second-order valence-electron chi connectivity index (χ2n) is 6.27. The average Bonchev–Trinajstić information content (AvgIpc) is 2.73. The van der Waals surface area contributed by atoms with E-state index < -0.39 is 0 Å². The van der Waals surface area contributed by atoms with E-state index in [1.54, 1.807) is 27.5 Å². The highest BCUT2D eigenvalue weighted by atomic mass is 127. The van der Waals surface area contributed by atoms with Crippen LogP contribution in [-0.2, 0) is 6.54 Å². The number of nitrogens with one attached hydrogen (secondary N) is 1. The van der Waals surface area contributed by atoms with Gasteiger partial charge in [-0.1, -0.05) is 25.5 Å². The van der Waals surface area contributed by atoms with Crippen molar-refractivity contribution in [2.45, 2.75) is 26.3 Å². The van der Waals surface area contributed by atoms with E-state index in [9.17, 15) is 0 Å². The van der Waals surface area contributed by atoms with E-state index in [4.69, 9.17) is 14.2 Å². The molecule has 7 nitrogen and oxygen atoms in total. The molecule has 1 heterocycles. The molecule has 2 rings (SSSR count). The number of rotatable bonds is 9. The summed E-state index contributed by atoms with van der Waals surface area (Å²) >= 11 is 0. The Labute approximate surface area is 190 Å². The highest BCUT2D eigenvalue weighted by Gasteiger charge is 2.13. The number of hydrogen-bond donors (Lipinski definition) is 1. The maximum absolute atomic E-state index is 5.89. The zero-order valence-electron chi connectivity index (χ0n) is 17.8. The Morgan fingerprint density at radius 2 is 1.83 bits per heavy atom. The van der Waals surface area contributed by atoms with Gasteiger partial charge in [0, 0.05) is 39.4 Å². The third kappa shape index (κ3) is 7.26. The van der Waals surface area contributed by atoms with Gasteiger partial charge in [0.1, 0.15) is 0 Å². The number of para-hydroxylation sites is 1. The number of halogens is 1. The first kappa shape index (κ1) is 24.8. The van der Waals surface area contributed by atoms with Crippen LogP contribution < -0.4 is 19.5 Å². The maximum atomic E-state index is 5.89. The monoisotopic (exact) mass is 514 g/mol. The molecule has 160 valence electrons. The number of guanidine groups is 1. The summed E-state index contributed by atoms with van der Waals surface area (Å²) in [5, 5.41) is 3.36. The van der Waals surface area contributed by atoms with Gasteiger partial charge in [0.05, 0.1) is 14.2 Å². The largest absolute Gasteiger partial charge is 0.493 e. The molecule has 2 aromatic rings. The molecule has 0 aliphatic heterocycles. The van der Waals surface area contributed by atoms with Gasteiger partial charge in [-0.15, -0.1) is 24.0 Å². The summed E-state index contributed by atoms with van der Waals surface area (Å²) in [4.78, 5) is 10.8. The molecule has 1 N–H and O–H groups in total. The predicted octanol–water partition coefficient (Wildman–Crippen LogP) is 4.32. The minimum Gasteiger partial charge on any atom is -0.493 e. The highest BCUT2D eigenvalue weighted by molar-refractivity contribution is 14.0. The number of unbranched alkanes of at least 4 members (excludes halogenated alkanes) is 1. The number of pyridine rings is 1. The van der Waals surface area contributed by atoms with Crippen LogP contribution in [0.4, 0.5) is 0 Å². The first-order valence-corrected chi connectivity index (χ1v) is 9.38. The first-order chi connectivity index (χ1) is 13.6. The number of hydrogen-bond acceptors (Lipinski definition) is 5. The lowest BCUT2D eigenvalue weighted by atomic mass is 10.2. The van der Waals surface area contributed by atoms with Crippen molar-refractivity contribution in [1.82, 2.24) is 15.2 Å². The summed E-state index contributed by atoms with van der Waals surface area (Å²) in [5.41, 5.74) is 1.03. The lowest BCUT2D eigenvalue weighted by Gasteiger charge is -2.21. The lowest BCUT2D eigenvalue weighted by molar-refractivity contribution is 0.342. The van der Waals surface area contributed by atoms with Gasteiger partial charge in [-0.05, 0) is 24.1 Å². The number of nitrogens with zero attached hydrogens (tertiary/aromatic N) is 3. The van der Waals surface area contributed by atoms with E-state index in [1.807, 2.05) is 37.4 Å². The van der Waals surface area contributed by atoms with Gasteiger partial charge in [-0.25, -0.2) is 4.98 Å². The van der Waals surface area contributed by atoms with Crippen LogP contribution in [0, 0.1) is 0 Å². The van der Waals surface area contributed by atoms with Crippen LogP contribution in [0.1, 0.15) is 25.3 Å². The summed E-state index contributed by atoms with van der Waals surface area (Å²) in [6.07, 6.45) is 4.07. The third-order valence-corrected chi connectivity index (χ3v) is 4.26. The van der Waals surface area contributed by atoms with E-state index in [0.717, 1.165) is 30.9 Å². The average molecular weight is 514 g/mol. The van der Waals surface area contributed by atoms with Crippen molar-refractivity contribution in [3.8, 4) is 23.1 Å². The standard InChI is InChI=1S/C21H30N4O3.HI/c1-6-7-13-25(3)21(22-2)24-15-16-11-12-19(23-14-16)28-20-17(26-4)9-8-10-18(20)27-5;/h8-12,14H,6-7,13,15H2,1-5H3,(H,22,24);1H. The van der Waals surface area contributed by atoms with Crippen molar-refractivity contribution in [2.75, 3.05) is 34.9 Å².